The molecule has 2 aromatic carbocycles. The third-order valence-corrected chi connectivity index (χ3v) is 5.11. The number of rotatable bonds is 10. The lowest BCUT2D eigenvalue weighted by Gasteiger charge is -2.15. The van der Waals surface area contributed by atoms with Gasteiger partial charge in [-0.15, -0.1) is 13.2 Å². The minimum Gasteiger partial charge on any atom is -0.507 e. The number of benzene rings is 2. The van der Waals surface area contributed by atoms with E-state index in [1.54, 1.807) is 31.2 Å². The predicted octanol–water partition coefficient (Wildman–Crippen LogP) is 4.28. The van der Waals surface area contributed by atoms with Crippen LogP contribution in [0.1, 0.15) is 18.1 Å². The molecule has 34 heavy (non-hydrogen) atoms. The Labute approximate surface area is 196 Å². The number of phenols is 2. The van der Waals surface area contributed by atoms with Gasteiger partial charge >= 0.3 is 5.97 Å². The van der Waals surface area contributed by atoms with E-state index in [4.69, 9.17) is 18.6 Å². The van der Waals surface area contributed by atoms with E-state index in [9.17, 15) is 19.8 Å². The van der Waals surface area contributed by atoms with Gasteiger partial charge in [0.05, 0.1) is 13.7 Å². The van der Waals surface area contributed by atoms with Crippen molar-refractivity contribution in [3.05, 3.63) is 70.9 Å². The summed E-state index contributed by atoms with van der Waals surface area (Å²) in [6.45, 7) is 8.93. The smallest absolute Gasteiger partial charge is 0.344 e. The number of fused-ring (bicyclic) bond motifs is 1. The van der Waals surface area contributed by atoms with Crippen LogP contribution in [0.2, 0.25) is 0 Å². The molecule has 0 radical (unpaired) electrons. The first kappa shape index (κ1) is 24.4. The van der Waals surface area contributed by atoms with Crippen LogP contribution in [-0.4, -0.2) is 36.5 Å². The van der Waals surface area contributed by atoms with Crippen molar-refractivity contribution in [2.45, 2.75) is 19.8 Å². The molecule has 0 fully saturated rings. The van der Waals surface area contributed by atoms with Gasteiger partial charge < -0.3 is 28.8 Å². The highest BCUT2D eigenvalue weighted by Crippen LogP contribution is 2.41. The molecule has 0 saturated heterocycles. The average molecular weight is 466 g/mol. The zero-order valence-electron chi connectivity index (χ0n) is 19.1. The van der Waals surface area contributed by atoms with E-state index < -0.39 is 11.4 Å². The SMILES string of the molecule is C=CCc1c(O)c(CC=C)c2oc(-c3ccc(OC)c(OCC(=O)OCC)c3)cc(=O)c2c1O. The second kappa shape index (κ2) is 10.6. The Morgan fingerprint density at radius 2 is 1.76 bits per heavy atom. The summed E-state index contributed by atoms with van der Waals surface area (Å²) >= 11 is 0. The van der Waals surface area contributed by atoms with Crippen molar-refractivity contribution >= 4 is 16.9 Å². The number of carbonyl (C=O) groups is 1. The summed E-state index contributed by atoms with van der Waals surface area (Å²) in [5.74, 6) is -0.293. The molecular formula is C26H26O8. The molecule has 0 atom stereocenters. The van der Waals surface area contributed by atoms with Crippen LogP contribution < -0.4 is 14.9 Å². The molecule has 0 aliphatic heterocycles. The van der Waals surface area contributed by atoms with Crippen molar-refractivity contribution in [1.29, 1.82) is 0 Å². The summed E-state index contributed by atoms with van der Waals surface area (Å²) in [7, 11) is 1.45. The van der Waals surface area contributed by atoms with Crippen LogP contribution in [0.3, 0.4) is 0 Å². The summed E-state index contributed by atoms with van der Waals surface area (Å²) in [6, 6.07) is 6.05. The monoisotopic (exact) mass is 466 g/mol. The van der Waals surface area contributed by atoms with Gasteiger partial charge in [-0.05, 0) is 38.0 Å². The summed E-state index contributed by atoms with van der Waals surface area (Å²) in [6.07, 6.45) is 3.45. The van der Waals surface area contributed by atoms with E-state index in [2.05, 4.69) is 13.2 Å². The first-order valence-electron chi connectivity index (χ1n) is 10.6. The number of phenolic OH excluding ortho intramolecular Hbond substituents is 2. The molecular weight excluding hydrogens is 440 g/mol. The molecule has 0 spiro atoms. The lowest BCUT2D eigenvalue weighted by molar-refractivity contribution is -0.145. The molecule has 2 N–H and O–H groups in total. The zero-order chi connectivity index (χ0) is 24.8. The second-order valence-electron chi connectivity index (χ2n) is 7.28. The van der Waals surface area contributed by atoms with Crippen LogP contribution in [0.4, 0.5) is 0 Å². The molecule has 0 amide bonds. The van der Waals surface area contributed by atoms with Crippen molar-refractivity contribution in [3.63, 3.8) is 0 Å². The van der Waals surface area contributed by atoms with Gasteiger partial charge in [0.15, 0.2) is 23.5 Å². The van der Waals surface area contributed by atoms with Gasteiger partial charge in [0, 0.05) is 22.8 Å². The lowest BCUT2D eigenvalue weighted by Crippen LogP contribution is -2.14. The fourth-order valence-electron chi connectivity index (χ4n) is 3.58. The molecule has 0 aliphatic carbocycles. The third kappa shape index (κ3) is 4.76. The highest BCUT2D eigenvalue weighted by atomic mass is 16.6. The summed E-state index contributed by atoms with van der Waals surface area (Å²) < 4.78 is 21.7. The number of esters is 1. The molecule has 3 aromatic rings. The van der Waals surface area contributed by atoms with Crippen molar-refractivity contribution in [3.8, 4) is 34.3 Å². The fraction of sp³-hybridized carbons (Fsp3) is 0.231. The minimum atomic E-state index is -0.539. The summed E-state index contributed by atoms with van der Waals surface area (Å²) in [4.78, 5) is 24.7. The molecule has 8 heteroatoms. The molecule has 0 unspecified atom stereocenters. The van der Waals surface area contributed by atoms with Crippen LogP contribution >= 0.6 is 0 Å². The second-order valence-corrected chi connectivity index (χ2v) is 7.28. The molecule has 178 valence electrons. The largest absolute Gasteiger partial charge is 0.507 e. The number of hydrogen-bond donors (Lipinski definition) is 2. The number of hydrogen-bond acceptors (Lipinski definition) is 8. The van der Waals surface area contributed by atoms with E-state index in [1.165, 1.54) is 19.3 Å². The first-order chi connectivity index (χ1) is 16.4. The van der Waals surface area contributed by atoms with Gasteiger partial charge in [-0.3, -0.25) is 4.79 Å². The van der Waals surface area contributed by atoms with Crippen molar-refractivity contribution < 1.29 is 33.6 Å². The number of allylic oxidation sites excluding steroid dienone is 2. The van der Waals surface area contributed by atoms with Crippen LogP contribution in [-0.2, 0) is 22.4 Å². The van der Waals surface area contributed by atoms with Gasteiger partial charge in [0.2, 0.25) is 0 Å². The van der Waals surface area contributed by atoms with Crippen LogP contribution in [0, 0.1) is 0 Å². The van der Waals surface area contributed by atoms with E-state index >= 15 is 0 Å². The standard InChI is InChI=1S/C26H26O8/c1-5-8-16-24(29)17(9-6-2)26-23(25(16)30)18(27)13-20(34-26)15-10-11-19(31-4)21(12-15)33-14-22(28)32-7-3/h5-6,10-13,29-30H,1-2,7-9,14H2,3-4H3. The molecule has 0 saturated carbocycles. The Morgan fingerprint density at radius 3 is 2.41 bits per heavy atom. The predicted molar refractivity (Wildman–Crippen MR) is 128 cm³/mol. The maximum Gasteiger partial charge on any atom is 0.344 e. The summed E-state index contributed by atoms with van der Waals surface area (Å²) in [5.41, 5.74) is 0.533. The Bertz CT molecular complexity index is 1300. The minimum absolute atomic E-state index is 0.0393. The normalized spacial score (nSPS) is 10.6. The average Bonchev–Trinajstić information content (AvgIpc) is 2.82. The van der Waals surface area contributed by atoms with Crippen LogP contribution in [0.5, 0.6) is 23.0 Å². The molecule has 3 rings (SSSR count). The maximum atomic E-state index is 13.0. The number of carbonyl (C=O) groups excluding carboxylic acids is 1. The maximum absolute atomic E-state index is 13.0. The zero-order valence-corrected chi connectivity index (χ0v) is 19.1. The van der Waals surface area contributed by atoms with E-state index in [1.807, 2.05) is 0 Å². The number of ether oxygens (including phenoxy) is 3. The Hall–Kier alpha value is -4.20. The first-order valence-corrected chi connectivity index (χ1v) is 10.6. The van der Waals surface area contributed by atoms with Crippen molar-refractivity contribution in [2.24, 2.45) is 0 Å². The van der Waals surface area contributed by atoms with Crippen LogP contribution in [0.15, 0.2) is 58.8 Å². The fourth-order valence-corrected chi connectivity index (χ4v) is 3.58. The van der Waals surface area contributed by atoms with E-state index in [0.29, 0.717) is 16.9 Å². The van der Waals surface area contributed by atoms with Gasteiger partial charge in [0.1, 0.15) is 28.2 Å². The Morgan fingerprint density at radius 1 is 1.06 bits per heavy atom. The molecule has 0 bridgehead atoms. The van der Waals surface area contributed by atoms with Gasteiger partial charge in [0.25, 0.3) is 0 Å². The number of aromatic hydroxyl groups is 2. The lowest BCUT2D eigenvalue weighted by atomic mass is 9.97. The Kier molecular flexibility index (Phi) is 7.63. The van der Waals surface area contributed by atoms with E-state index in [-0.39, 0.29) is 65.6 Å². The van der Waals surface area contributed by atoms with Gasteiger partial charge in [-0.1, -0.05) is 12.2 Å². The highest BCUT2D eigenvalue weighted by molar-refractivity contribution is 5.91. The molecule has 8 nitrogen and oxygen atoms in total. The van der Waals surface area contributed by atoms with Crippen molar-refractivity contribution in [2.75, 3.05) is 20.3 Å². The Balaban J connectivity index is 2.18. The number of methoxy groups -OCH3 is 1. The third-order valence-electron chi connectivity index (χ3n) is 5.11. The highest BCUT2D eigenvalue weighted by Gasteiger charge is 2.23. The topological polar surface area (TPSA) is 115 Å². The quantitative estimate of drug-likeness (QED) is 0.336. The molecule has 0 aliphatic rings. The van der Waals surface area contributed by atoms with Gasteiger partial charge in [-0.25, -0.2) is 4.79 Å². The summed E-state index contributed by atoms with van der Waals surface area (Å²) in [5, 5.41) is 21.4. The molecule has 1 heterocycles. The van der Waals surface area contributed by atoms with Crippen LogP contribution in [0.25, 0.3) is 22.3 Å². The van der Waals surface area contributed by atoms with Crippen molar-refractivity contribution in [1.82, 2.24) is 0 Å². The van der Waals surface area contributed by atoms with Gasteiger partial charge in [-0.2, -0.15) is 0 Å². The van der Waals surface area contributed by atoms with E-state index in [0.717, 1.165) is 0 Å². The molecule has 1 aromatic heterocycles.